The molecule has 7 heteroatoms. The van der Waals surface area contributed by atoms with E-state index in [-0.39, 0.29) is 23.8 Å². The van der Waals surface area contributed by atoms with Gasteiger partial charge in [-0.05, 0) is 30.9 Å². The molecule has 3 unspecified atom stereocenters. The van der Waals surface area contributed by atoms with E-state index in [9.17, 15) is 9.59 Å². The van der Waals surface area contributed by atoms with Crippen molar-refractivity contribution in [2.75, 3.05) is 40.1 Å². The van der Waals surface area contributed by atoms with E-state index in [1.54, 1.807) is 13.1 Å². The number of carbonyl (C=O) groups excluding carboxylic acids is 2. The van der Waals surface area contributed by atoms with Crippen LogP contribution in [0.3, 0.4) is 0 Å². The number of hydrogen-bond donors (Lipinski definition) is 2. The smallest absolute Gasteiger partial charge is 0.254 e. The normalized spacial score (nSPS) is 32.8. The Kier molecular flexibility index (Phi) is 4.51. The van der Waals surface area contributed by atoms with Crippen molar-refractivity contribution in [1.82, 2.24) is 10.6 Å². The minimum atomic E-state index is -0.233. The summed E-state index contributed by atoms with van der Waals surface area (Å²) in [6.07, 6.45) is 2.11. The highest BCUT2D eigenvalue weighted by Gasteiger charge is 2.54. The van der Waals surface area contributed by atoms with E-state index in [4.69, 9.17) is 14.2 Å². The van der Waals surface area contributed by atoms with Gasteiger partial charge in [-0.2, -0.15) is 0 Å². The summed E-state index contributed by atoms with van der Waals surface area (Å²) in [6, 6.07) is 3.76. The molecular formula is C21H26N2O5. The Morgan fingerprint density at radius 2 is 1.86 bits per heavy atom. The first-order valence-electron chi connectivity index (χ1n) is 10.2. The van der Waals surface area contributed by atoms with Crippen molar-refractivity contribution in [3.05, 3.63) is 28.8 Å². The van der Waals surface area contributed by atoms with Gasteiger partial charge in [-0.15, -0.1) is 0 Å². The lowest BCUT2D eigenvalue weighted by molar-refractivity contribution is 0.0410. The number of benzene rings is 1. The minimum Gasteiger partial charge on any atom is -0.492 e. The van der Waals surface area contributed by atoms with Gasteiger partial charge in [-0.3, -0.25) is 9.59 Å². The predicted octanol–water partition coefficient (Wildman–Crippen LogP) is 1.32. The first-order chi connectivity index (χ1) is 13.7. The van der Waals surface area contributed by atoms with Crippen LogP contribution in [0, 0.1) is 17.8 Å². The van der Waals surface area contributed by atoms with Gasteiger partial charge in [-0.25, -0.2) is 0 Å². The molecule has 5 atom stereocenters. The minimum absolute atomic E-state index is 0.127. The van der Waals surface area contributed by atoms with Gasteiger partial charge in [0.2, 0.25) is 0 Å². The number of rotatable bonds is 4. The van der Waals surface area contributed by atoms with Crippen LogP contribution in [0.4, 0.5) is 0 Å². The molecular weight excluding hydrogens is 360 g/mol. The fourth-order valence-electron chi connectivity index (χ4n) is 4.95. The summed E-state index contributed by atoms with van der Waals surface area (Å²) >= 11 is 0. The number of carbonyl (C=O) groups is 2. The van der Waals surface area contributed by atoms with Crippen molar-refractivity contribution in [1.29, 1.82) is 0 Å². The summed E-state index contributed by atoms with van der Waals surface area (Å²) in [7, 11) is 1.59. The van der Waals surface area contributed by atoms with Crippen LogP contribution in [0.5, 0.6) is 5.75 Å². The first kappa shape index (κ1) is 17.9. The Balaban J connectivity index is 1.44. The van der Waals surface area contributed by atoms with E-state index in [0.29, 0.717) is 47.8 Å². The van der Waals surface area contributed by atoms with Crippen LogP contribution in [0.2, 0.25) is 0 Å². The molecule has 1 saturated carbocycles. The highest BCUT2D eigenvalue weighted by Crippen LogP contribution is 2.45. The zero-order chi connectivity index (χ0) is 19.3. The molecule has 0 aromatic heterocycles. The van der Waals surface area contributed by atoms with E-state index in [2.05, 4.69) is 10.6 Å². The molecule has 3 fully saturated rings. The third kappa shape index (κ3) is 2.97. The number of amides is 2. The van der Waals surface area contributed by atoms with E-state index in [1.807, 2.05) is 6.07 Å². The molecule has 3 aliphatic heterocycles. The molecule has 150 valence electrons. The molecule has 3 heterocycles. The second kappa shape index (κ2) is 7.04. The molecule has 4 aliphatic rings. The average Bonchev–Trinajstić information content (AvgIpc) is 3.10. The molecule has 28 heavy (non-hydrogen) atoms. The van der Waals surface area contributed by atoms with Gasteiger partial charge < -0.3 is 24.8 Å². The highest BCUT2D eigenvalue weighted by atomic mass is 16.5. The van der Waals surface area contributed by atoms with E-state index < -0.39 is 0 Å². The zero-order valence-corrected chi connectivity index (χ0v) is 16.0. The van der Waals surface area contributed by atoms with Crippen molar-refractivity contribution < 1.29 is 23.8 Å². The molecule has 0 radical (unpaired) electrons. The number of fused-ring (bicyclic) bond motifs is 2. The lowest BCUT2D eigenvalue weighted by atomic mass is 9.83. The Morgan fingerprint density at radius 3 is 2.57 bits per heavy atom. The highest BCUT2D eigenvalue weighted by molar-refractivity contribution is 6.02. The number of nitrogens with one attached hydrogen (secondary N) is 2. The Hall–Kier alpha value is -2.12. The summed E-state index contributed by atoms with van der Waals surface area (Å²) < 4.78 is 17.0. The Morgan fingerprint density at radius 1 is 1.04 bits per heavy atom. The number of ether oxygens (including phenoxy) is 3. The lowest BCUT2D eigenvalue weighted by Crippen LogP contribution is -2.30. The average molecular weight is 386 g/mol. The van der Waals surface area contributed by atoms with Crippen molar-refractivity contribution >= 4 is 11.8 Å². The number of hydrogen-bond acceptors (Lipinski definition) is 5. The molecule has 0 bridgehead atoms. The summed E-state index contributed by atoms with van der Waals surface area (Å²) in [5, 5.41) is 5.79. The van der Waals surface area contributed by atoms with Crippen LogP contribution < -0.4 is 15.4 Å². The molecule has 2 amide bonds. The van der Waals surface area contributed by atoms with Crippen LogP contribution >= 0.6 is 0 Å². The van der Waals surface area contributed by atoms with Crippen LogP contribution in [-0.2, 0) is 9.47 Å². The third-order valence-corrected chi connectivity index (χ3v) is 6.67. The van der Waals surface area contributed by atoms with Gasteiger partial charge in [0.1, 0.15) is 5.75 Å². The lowest BCUT2D eigenvalue weighted by Gasteiger charge is -2.26. The molecule has 1 aliphatic carbocycles. The van der Waals surface area contributed by atoms with E-state index in [0.717, 1.165) is 38.2 Å². The standard InChI is InChI=1S/C21H26N2O5/c1-22-21(25)14-6-12(20(24)23-18-16-8-27-9-17(16)18)5-13-15(10-28-19(13)14)11-3-2-4-26-7-11/h5-6,11,15-18H,2-4,7-10H2,1H3,(H,22,25)(H,23,24)/t11?,15?,16-,17+,18?. The Bertz CT molecular complexity index is 794. The van der Waals surface area contributed by atoms with Gasteiger partial charge in [0.05, 0.1) is 32.0 Å². The van der Waals surface area contributed by atoms with E-state index in [1.165, 1.54) is 0 Å². The molecule has 1 aromatic carbocycles. The van der Waals surface area contributed by atoms with Gasteiger partial charge in [0.15, 0.2) is 0 Å². The second-order valence-corrected chi connectivity index (χ2v) is 8.28. The van der Waals surface area contributed by atoms with Crippen LogP contribution in [0.15, 0.2) is 12.1 Å². The van der Waals surface area contributed by atoms with Crippen molar-refractivity contribution in [2.45, 2.75) is 24.8 Å². The van der Waals surface area contributed by atoms with Crippen molar-refractivity contribution in [2.24, 2.45) is 17.8 Å². The SMILES string of the molecule is CNC(=O)c1cc(C(=O)NC2[C@H]3COC[C@@H]23)cc2c1OCC2C1CCCOC1. The third-order valence-electron chi connectivity index (χ3n) is 6.67. The molecule has 0 spiro atoms. The zero-order valence-electron chi connectivity index (χ0n) is 16.0. The summed E-state index contributed by atoms with van der Waals surface area (Å²) in [5.41, 5.74) is 1.92. The van der Waals surface area contributed by atoms with Crippen LogP contribution in [0.1, 0.15) is 45.0 Å². The van der Waals surface area contributed by atoms with Gasteiger partial charge in [0.25, 0.3) is 11.8 Å². The largest absolute Gasteiger partial charge is 0.492 e. The maximum absolute atomic E-state index is 12.9. The predicted molar refractivity (Wildman–Crippen MR) is 101 cm³/mol. The molecule has 2 saturated heterocycles. The monoisotopic (exact) mass is 386 g/mol. The molecule has 5 rings (SSSR count). The molecule has 1 aromatic rings. The Labute approximate surface area is 164 Å². The van der Waals surface area contributed by atoms with Crippen LogP contribution in [-0.4, -0.2) is 57.9 Å². The topological polar surface area (TPSA) is 85.9 Å². The summed E-state index contributed by atoms with van der Waals surface area (Å²) in [5.74, 6) is 1.63. The quantitative estimate of drug-likeness (QED) is 0.815. The van der Waals surface area contributed by atoms with Gasteiger partial charge in [-0.1, -0.05) is 0 Å². The van der Waals surface area contributed by atoms with Gasteiger partial charge >= 0.3 is 0 Å². The maximum Gasteiger partial charge on any atom is 0.254 e. The molecule has 7 nitrogen and oxygen atoms in total. The summed E-state index contributed by atoms with van der Waals surface area (Å²) in [4.78, 5) is 25.4. The maximum atomic E-state index is 12.9. The fraction of sp³-hybridized carbons (Fsp3) is 0.619. The van der Waals surface area contributed by atoms with E-state index >= 15 is 0 Å². The van der Waals surface area contributed by atoms with Crippen molar-refractivity contribution in [3.63, 3.8) is 0 Å². The summed E-state index contributed by atoms with van der Waals surface area (Å²) in [6.45, 7) is 3.48. The molecule has 2 N–H and O–H groups in total. The second-order valence-electron chi connectivity index (χ2n) is 8.28. The van der Waals surface area contributed by atoms with Gasteiger partial charge in [0, 0.05) is 48.6 Å². The first-order valence-corrected chi connectivity index (χ1v) is 10.2. The van der Waals surface area contributed by atoms with Crippen molar-refractivity contribution in [3.8, 4) is 5.75 Å². The van der Waals surface area contributed by atoms with Crippen LogP contribution in [0.25, 0.3) is 0 Å². The fourth-order valence-corrected chi connectivity index (χ4v) is 4.95.